The zero-order valence-electron chi connectivity index (χ0n) is 10.3. The van der Waals surface area contributed by atoms with Crippen LogP contribution in [0, 0.1) is 11.7 Å². The summed E-state index contributed by atoms with van der Waals surface area (Å²) in [6, 6.07) is 4.74. The van der Waals surface area contributed by atoms with Crippen molar-refractivity contribution in [3.05, 3.63) is 29.6 Å². The summed E-state index contributed by atoms with van der Waals surface area (Å²) in [5.41, 5.74) is 1.85. The monoisotopic (exact) mass is 248 g/mol. The fourth-order valence-electron chi connectivity index (χ4n) is 2.86. The summed E-state index contributed by atoms with van der Waals surface area (Å²) in [4.78, 5) is 14.2. The maximum atomic E-state index is 13.3. The lowest BCUT2D eigenvalue weighted by atomic mass is 9.98. The number of amides is 1. The van der Waals surface area contributed by atoms with Gasteiger partial charge in [0.2, 0.25) is 5.91 Å². The van der Waals surface area contributed by atoms with Crippen molar-refractivity contribution in [1.29, 1.82) is 0 Å². The lowest BCUT2D eigenvalue weighted by Gasteiger charge is -2.27. The summed E-state index contributed by atoms with van der Waals surface area (Å²) in [5, 5.41) is 3.25. The molecular weight excluding hydrogens is 231 g/mol. The second-order valence-electron chi connectivity index (χ2n) is 5.06. The summed E-state index contributed by atoms with van der Waals surface area (Å²) in [6.07, 6.45) is 2.81. The van der Waals surface area contributed by atoms with E-state index in [2.05, 4.69) is 5.32 Å². The standard InChI is InChI=1S/C14H17FN2O/c15-12-4-3-10-5-7-17(13(10)8-12)14(18)11-2-1-6-16-9-11/h3-4,8,11,16H,1-2,5-7,9H2/t11-/m1/s1. The average Bonchev–Trinajstić information content (AvgIpc) is 2.82. The molecule has 1 atom stereocenters. The van der Waals surface area contributed by atoms with Gasteiger partial charge in [0.05, 0.1) is 5.92 Å². The Hall–Kier alpha value is -1.42. The molecule has 2 aliphatic heterocycles. The van der Waals surface area contributed by atoms with Crippen LogP contribution in [0.4, 0.5) is 10.1 Å². The minimum Gasteiger partial charge on any atom is -0.316 e. The quantitative estimate of drug-likeness (QED) is 0.820. The van der Waals surface area contributed by atoms with Crippen LogP contribution >= 0.6 is 0 Å². The van der Waals surface area contributed by atoms with Gasteiger partial charge in [-0.3, -0.25) is 4.79 Å². The van der Waals surface area contributed by atoms with E-state index < -0.39 is 0 Å². The van der Waals surface area contributed by atoms with E-state index in [0.717, 1.165) is 43.6 Å². The third kappa shape index (κ3) is 2.01. The van der Waals surface area contributed by atoms with Crippen molar-refractivity contribution in [3.8, 4) is 0 Å². The number of carbonyl (C=O) groups excluding carboxylic acids is 1. The molecule has 2 heterocycles. The number of hydrogen-bond acceptors (Lipinski definition) is 2. The maximum absolute atomic E-state index is 13.3. The molecule has 4 heteroatoms. The van der Waals surface area contributed by atoms with Crippen molar-refractivity contribution in [1.82, 2.24) is 5.32 Å². The lowest BCUT2D eigenvalue weighted by molar-refractivity contribution is -0.122. The Morgan fingerprint density at radius 1 is 1.44 bits per heavy atom. The molecule has 96 valence electrons. The van der Waals surface area contributed by atoms with E-state index in [1.165, 1.54) is 12.1 Å². The highest BCUT2D eigenvalue weighted by molar-refractivity contribution is 5.97. The fourth-order valence-corrected chi connectivity index (χ4v) is 2.86. The van der Waals surface area contributed by atoms with Crippen molar-refractivity contribution in [2.24, 2.45) is 5.92 Å². The molecule has 3 nitrogen and oxygen atoms in total. The summed E-state index contributed by atoms with van der Waals surface area (Å²) in [6.45, 7) is 2.43. The summed E-state index contributed by atoms with van der Waals surface area (Å²) < 4.78 is 13.3. The first-order valence-electron chi connectivity index (χ1n) is 6.56. The molecule has 0 saturated carbocycles. The van der Waals surface area contributed by atoms with Gasteiger partial charge in [-0.15, -0.1) is 0 Å². The molecular formula is C14H17FN2O. The van der Waals surface area contributed by atoms with Crippen LogP contribution < -0.4 is 10.2 Å². The first-order valence-corrected chi connectivity index (χ1v) is 6.56. The molecule has 0 radical (unpaired) electrons. The van der Waals surface area contributed by atoms with Gasteiger partial charge in [-0.1, -0.05) is 6.07 Å². The van der Waals surface area contributed by atoms with E-state index >= 15 is 0 Å². The zero-order valence-corrected chi connectivity index (χ0v) is 10.3. The summed E-state index contributed by atoms with van der Waals surface area (Å²) >= 11 is 0. The van der Waals surface area contributed by atoms with Gasteiger partial charge >= 0.3 is 0 Å². The van der Waals surface area contributed by atoms with Gasteiger partial charge in [0.25, 0.3) is 0 Å². The van der Waals surface area contributed by atoms with Crippen LogP contribution in [0.15, 0.2) is 18.2 Å². The molecule has 1 aromatic rings. The van der Waals surface area contributed by atoms with Crippen molar-refractivity contribution in [2.45, 2.75) is 19.3 Å². The smallest absolute Gasteiger partial charge is 0.231 e. The fraction of sp³-hybridized carbons (Fsp3) is 0.500. The van der Waals surface area contributed by atoms with Crippen LogP contribution in [-0.4, -0.2) is 25.5 Å². The van der Waals surface area contributed by atoms with E-state index in [-0.39, 0.29) is 17.6 Å². The Morgan fingerprint density at radius 3 is 3.11 bits per heavy atom. The van der Waals surface area contributed by atoms with Crippen LogP contribution in [0.2, 0.25) is 0 Å². The van der Waals surface area contributed by atoms with Crippen LogP contribution in [0.3, 0.4) is 0 Å². The maximum Gasteiger partial charge on any atom is 0.231 e. The number of hydrogen-bond donors (Lipinski definition) is 1. The van der Waals surface area contributed by atoms with Crippen molar-refractivity contribution >= 4 is 11.6 Å². The molecule has 0 aliphatic carbocycles. The van der Waals surface area contributed by atoms with E-state index in [1.54, 1.807) is 11.0 Å². The van der Waals surface area contributed by atoms with Gasteiger partial charge in [0.15, 0.2) is 0 Å². The molecule has 0 aromatic heterocycles. The summed E-state index contributed by atoms with van der Waals surface area (Å²) in [5.74, 6) is -0.0743. The van der Waals surface area contributed by atoms with Crippen molar-refractivity contribution in [3.63, 3.8) is 0 Å². The van der Waals surface area contributed by atoms with E-state index in [0.29, 0.717) is 6.54 Å². The predicted octanol–water partition coefficient (Wildman–Crippen LogP) is 1.71. The zero-order chi connectivity index (χ0) is 12.5. The Labute approximate surface area is 106 Å². The first kappa shape index (κ1) is 11.7. The molecule has 3 rings (SSSR count). The molecule has 0 spiro atoms. The molecule has 2 aliphatic rings. The highest BCUT2D eigenvalue weighted by atomic mass is 19.1. The SMILES string of the molecule is O=C([C@@H]1CCCNC1)N1CCc2ccc(F)cc21. The number of nitrogens with one attached hydrogen (secondary N) is 1. The molecule has 1 aromatic carbocycles. The number of carbonyl (C=O) groups is 1. The van der Waals surface area contributed by atoms with Crippen LogP contribution in [0.5, 0.6) is 0 Å². The third-order valence-electron chi connectivity index (χ3n) is 3.86. The normalized spacial score (nSPS) is 22.9. The Kier molecular flexibility index (Phi) is 3.04. The lowest BCUT2D eigenvalue weighted by Crippen LogP contribution is -2.42. The third-order valence-corrected chi connectivity index (χ3v) is 3.86. The van der Waals surface area contributed by atoms with Crippen molar-refractivity contribution < 1.29 is 9.18 Å². The van der Waals surface area contributed by atoms with Gasteiger partial charge in [-0.05, 0) is 43.5 Å². The number of anilines is 1. The number of fused-ring (bicyclic) bond motifs is 1. The Morgan fingerprint density at radius 2 is 2.33 bits per heavy atom. The minimum atomic E-state index is -0.268. The minimum absolute atomic E-state index is 0.0490. The highest BCUT2D eigenvalue weighted by Gasteiger charge is 2.31. The van der Waals surface area contributed by atoms with Crippen molar-refractivity contribution in [2.75, 3.05) is 24.5 Å². The Bertz CT molecular complexity index is 469. The van der Waals surface area contributed by atoms with Gasteiger partial charge in [-0.2, -0.15) is 0 Å². The second-order valence-corrected chi connectivity index (χ2v) is 5.06. The predicted molar refractivity (Wildman–Crippen MR) is 68.1 cm³/mol. The largest absolute Gasteiger partial charge is 0.316 e. The topological polar surface area (TPSA) is 32.3 Å². The molecule has 18 heavy (non-hydrogen) atoms. The first-order chi connectivity index (χ1) is 8.75. The molecule has 1 saturated heterocycles. The number of nitrogens with zero attached hydrogens (tertiary/aromatic N) is 1. The second kappa shape index (κ2) is 4.69. The average molecular weight is 248 g/mol. The van der Waals surface area contributed by atoms with E-state index in [9.17, 15) is 9.18 Å². The van der Waals surface area contributed by atoms with Gasteiger partial charge in [-0.25, -0.2) is 4.39 Å². The number of halogens is 1. The Balaban J connectivity index is 1.82. The van der Waals surface area contributed by atoms with Crippen LogP contribution in [0.1, 0.15) is 18.4 Å². The van der Waals surface area contributed by atoms with Crippen LogP contribution in [-0.2, 0) is 11.2 Å². The van der Waals surface area contributed by atoms with Gasteiger partial charge in [0.1, 0.15) is 5.82 Å². The molecule has 1 amide bonds. The van der Waals surface area contributed by atoms with Crippen LogP contribution in [0.25, 0.3) is 0 Å². The van der Waals surface area contributed by atoms with Gasteiger partial charge in [0, 0.05) is 18.8 Å². The van der Waals surface area contributed by atoms with E-state index in [4.69, 9.17) is 0 Å². The number of benzene rings is 1. The highest BCUT2D eigenvalue weighted by Crippen LogP contribution is 2.30. The molecule has 1 N–H and O–H groups in total. The van der Waals surface area contributed by atoms with E-state index in [1.807, 2.05) is 0 Å². The molecule has 0 bridgehead atoms. The molecule has 1 fully saturated rings. The number of rotatable bonds is 1. The summed E-state index contributed by atoms with van der Waals surface area (Å²) in [7, 11) is 0. The molecule has 0 unspecified atom stereocenters. The number of piperidine rings is 1. The van der Waals surface area contributed by atoms with Gasteiger partial charge < -0.3 is 10.2 Å².